The van der Waals surface area contributed by atoms with Gasteiger partial charge >= 0.3 is 140 Å². The first-order valence-electron chi connectivity index (χ1n) is 7.90. The summed E-state index contributed by atoms with van der Waals surface area (Å²) in [7, 11) is 0. The van der Waals surface area contributed by atoms with E-state index in [-0.39, 0.29) is 17.7 Å². The minimum atomic E-state index is -1.71. The van der Waals surface area contributed by atoms with Crippen LogP contribution in [0.5, 0.6) is 0 Å². The van der Waals surface area contributed by atoms with E-state index in [4.69, 9.17) is 12.1 Å². The Morgan fingerprint density at radius 2 is 2.14 bits per heavy atom. The van der Waals surface area contributed by atoms with Crippen LogP contribution < -0.4 is 0 Å². The van der Waals surface area contributed by atoms with Crippen molar-refractivity contribution in [1.29, 1.82) is 0 Å². The third kappa shape index (κ3) is 4.57. The molecule has 21 heavy (non-hydrogen) atoms. The number of hydrogen-bond donors (Lipinski definition) is 0. The first-order valence-corrected chi connectivity index (χ1v) is 13.3. The molecule has 5 nitrogen and oxygen atoms in total. The number of hydrogen-bond acceptors (Lipinski definition) is 4. The monoisotopic (exact) mass is 486 g/mol. The molecular formula is C15H26HgNO4+. The van der Waals surface area contributed by atoms with Gasteiger partial charge in [-0.3, -0.25) is 0 Å². The van der Waals surface area contributed by atoms with Crippen molar-refractivity contribution in [1.82, 2.24) is 0 Å². The van der Waals surface area contributed by atoms with Gasteiger partial charge in [-0.15, -0.1) is 0 Å². The number of nitrogens with zero attached hydrogens (tertiary/aromatic N) is 1. The number of piperidine rings is 1. The third-order valence-corrected chi connectivity index (χ3v) is 9.98. The normalized spacial score (nSPS) is 26.5. The van der Waals surface area contributed by atoms with E-state index in [0.717, 1.165) is 13.0 Å². The van der Waals surface area contributed by atoms with E-state index in [1.807, 2.05) is 20.8 Å². The van der Waals surface area contributed by atoms with Gasteiger partial charge < -0.3 is 0 Å². The van der Waals surface area contributed by atoms with Crippen LogP contribution in [0.2, 0.25) is 3.43 Å². The summed E-state index contributed by atoms with van der Waals surface area (Å²) in [5, 5.41) is 0. The number of carbonyl (C=O) groups excluding carboxylic acids is 1. The zero-order valence-corrected chi connectivity index (χ0v) is 19.3. The first-order chi connectivity index (χ1) is 9.78. The minimum absolute atomic E-state index is 0.128. The Morgan fingerprint density at radius 1 is 1.43 bits per heavy atom. The average molecular weight is 485 g/mol. The van der Waals surface area contributed by atoms with Crippen LogP contribution >= 0.6 is 0 Å². The Labute approximate surface area is 140 Å². The summed E-state index contributed by atoms with van der Waals surface area (Å²) in [4.78, 5) is 11.0. The Morgan fingerprint density at radius 3 is 2.76 bits per heavy atom. The Balaban J connectivity index is 2.08. The molecule has 1 fully saturated rings. The van der Waals surface area contributed by atoms with Gasteiger partial charge in [0.2, 0.25) is 0 Å². The van der Waals surface area contributed by atoms with E-state index in [1.165, 1.54) is 19.8 Å². The molecule has 2 aliphatic rings. The molecule has 0 aliphatic carbocycles. The van der Waals surface area contributed by atoms with Crippen molar-refractivity contribution >= 4 is 12.1 Å². The molecule has 116 valence electrons. The van der Waals surface area contributed by atoms with Crippen molar-refractivity contribution in [3.8, 4) is 0 Å². The van der Waals surface area contributed by atoms with Crippen LogP contribution in [-0.4, -0.2) is 40.9 Å². The van der Waals surface area contributed by atoms with Crippen LogP contribution in [0.1, 0.15) is 53.9 Å². The molecule has 0 aromatic rings. The topological polar surface area (TPSA) is 47.8 Å². The van der Waals surface area contributed by atoms with Gasteiger partial charge in [-0.2, -0.15) is 0 Å². The maximum atomic E-state index is 11.0. The van der Waals surface area contributed by atoms with Gasteiger partial charge in [0.25, 0.3) is 0 Å². The van der Waals surface area contributed by atoms with Gasteiger partial charge in [-0.1, -0.05) is 0 Å². The summed E-state index contributed by atoms with van der Waals surface area (Å²) in [5.74, 6) is -0.142. The van der Waals surface area contributed by atoms with Crippen molar-refractivity contribution in [2.24, 2.45) is 0 Å². The van der Waals surface area contributed by atoms with Crippen LogP contribution in [-0.2, 0) is 41.9 Å². The van der Waals surface area contributed by atoms with E-state index in [1.54, 1.807) is 0 Å². The second kappa shape index (κ2) is 6.84. The van der Waals surface area contributed by atoms with Gasteiger partial charge in [0.1, 0.15) is 0 Å². The second-order valence-corrected chi connectivity index (χ2v) is 14.5. The van der Waals surface area contributed by atoms with Crippen molar-refractivity contribution in [3.63, 3.8) is 0 Å². The van der Waals surface area contributed by atoms with Crippen molar-refractivity contribution < 1.29 is 46.5 Å². The molecule has 6 heteroatoms. The summed E-state index contributed by atoms with van der Waals surface area (Å²) in [6.07, 6.45) is 4.37. The van der Waals surface area contributed by atoms with Crippen molar-refractivity contribution in [2.45, 2.75) is 75.1 Å². The summed E-state index contributed by atoms with van der Waals surface area (Å²) in [6, 6.07) is 0.390. The molecule has 0 saturated carbocycles. The van der Waals surface area contributed by atoms with Crippen LogP contribution in [0.25, 0.3) is 0 Å². The fraction of sp³-hybridized carbons (Fsp3) is 0.867. The molecule has 3 atom stereocenters. The summed E-state index contributed by atoms with van der Waals surface area (Å²) >= 11 is -1.71. The van der Waals surface area contributed by atoms with E-state index >= 15 is 0 Å². The quantitative estimate of drug-likeness (QED) is 0.456. The van der Waals surface area contributed by atoms with Crippen LogP contribution in [0.3, 0.4) is 0 Å². The van der Waals surface area contributed by atoms with E-state index < -0.39 is 25.0 Å². The molecule has 1 saturated heterocycles. The van der Waals surface area contributed by atoms with E-state index in [2.05, 4.69) is 11.5 Å². The SMILES string of the molecule is CC(=O)[O][Hg][C@H](C)C1OC(OC(C)(C)C)=[N+]2CCCCC12. The Hall–Kier alpha value is -0.325. The van der Waals surface area contributed by atoms with Gasteiger partial charge in [0.05, 0.1) is 0 Å². The first kappa shape index (κ1) is 17.0. The number of ether oxygens (including phenoxy) is 2. The molecule has 0 bridgehead atoms. The Bertz CT molecular complexity index is 430. The molecule has 0 radical (unpaired) electrons. The molecule has 2 unspecified atom stereocenters. The molecule has 2 aliphatic heterocycles. The molecule has 0 spiro atoms. The Kier molecular flexibility index (Phi) is 5.55. The number of fused-ring (bicyclic) bond motifs is 1. The molecular weight excluding hydrogens is 459 g/mol. The molecule has 0 aromatic heterocycles. The van der Waals surface area contributed by atoms with E-state index in [0.29, 0.717) is 15.6 Å². The molecule has 2 rings (SSSR count). The fourth-order valence-corrected chi connectivity index (χ4v) is 7.24. The van der Waals surface area contributed by atoms with Crippen molar-refractivity contribution in [2.75, 3.05) is 6.54 Å². The second-order valence-electron chi connectivity index (χ2n) is 7.10. The zero-order valence-electron chi connectivity index (χ0n) is 13.8. The van der Waals surface area contributed by atoms with Crippen LogP contribution in [0.15, 0.2) is 0 Å². The number of carbonyl (C=O) groups is 1. The number of rotatable bonds is 3. The van der Waals surface area contributed by atoms with Gasteiger partial charge in [-0.05, 0) is 0 Å². The summed E-state index contributed by atoms with van der Waals surface area (Å²) in [5.41, 5.74) is -0.254. The molecule has 0 aromatic carbocycles. The standard InChI is InChI=1S/C13H23NO2.C2H4O2.Hg/c1-5-11-10-8-6-7-9-14(10)12(15-11)16-13(2,3)4;1-2(3)4;/h5,10-11H,6-9H2,1-4H3;1H3,(H,3,4);/q+1;;+1/p-1. The summed E-state index contributed by atoms with van der Waals surface area (Å²) < 4.78 is 20.2. The fourth-order valence-electron chi connectivity index (χ4n) is 2.97. The molecule has 0 amide bonds. The predicted molar refractivity (Wildman–Crippen MR) is 74.7 cm³/mol. The third-order valence-electron chi connectivity index (χ3n) is 3.90. The van der Waals surface area contributed by atoms with Gasteiger partial charge in [-0.25, -0.2) is 0 Å². The van der Waals surface area contributed by atoms with Gasteiger partial charge in [0.15, 0.2) is 0 Å². The van der Waals surface area contributed by atoms with Gasteiger partial charge in [0, 0.05) is 0 Å². The van der Waals surface area contributed by atoms with Crippen LogP contribution in [0.4, 0.5) is 0 Å². The average Bonchev–Trinajstić information content (AvgIpc) is 2.73. The van der Waals surface area contributed by atoms with Crippen molar-refractivity contribution in [3.05, 3.63) is 0 Å². The maximum absolute atomic E-state index is 11.0. The zero-order chi connectivity index (χ0) is 15.6. The molecule has 2 heterocycles. The van der Waals surface area contributed by atoms with Crippen LogP contribution in [0, 0.1) is 0 Å². The van der Waals surface area contributed by atoms with E-state index in [9.17, 15) is 4.79 Å². The predicted octanol–water partition coefficient (Wildman–Crippen LogP) is 2.49. The summed E-state index contributed by atoms with van der Waals surface area (Å²) in [6.45, 7) is 10.8. The molecule has 0 N–H and O–H groups in total.